The highest BCUT2D eigenvalue weighted by Gasteiger charge is 2.26. The third kappa shape index (κ3) is 2.42. The first-order valence-electron chi connectivity index (χ1n) is 7.16. The van der Waals surface area contributed by atoms with Crippen LogP contribution in [0.5, 0.6) is 0 Å². The number of benzene rings is 1. The summed E-state index contributed by atoms with van der Waals surface area (Å²) in [5.41, 5.74) is 3.21. The zero-order valence-electron chi connectivity index (χ0n) is 12.0. The number of hydrogen-bond donors (Lipinski definition) is 1. The average Bonchev–Trinajstić information content (AvgIpc) is 3.16. The van der Waals surface area contributed by atoms with Crippen LogP contribution in [-0.4, -0.2) is 20.6 Å². The zero-order valence-corrected chi connectivity index (χ0v) is 12.0. The van der Waals surface area contributed by atoms with E-state index in [2.05, 4.69) is 41.6 Å². The van der Waals surface area contributed by atoms with Crippen LogP contribution in [0.25, 0.3) is 11.0 Å². The van der Waals surface area contributed by atoms with E-state index in [0.29, 0.717) is 12.5 Å². The van der Waals surface area contributed by atoms with E-state index in [1.165, 1.54) is 18.4 Å². The molecule has 1 aromatic carbocycles. The number of imidazole rings is 1. The second-order valence-electron chi connectivity index (χ2n) is 6.36. The van der Waals surface area contributed by atoms with Crippen molar-refractivity contribution in [1.29, 1.82) is 0 Å². The van der Waals surface area contributed by atoms with Gasteiger partial charge in [0.05, 0.1) is 17.4 Å². The van der Waals surface area contributed by atoms with Gasteiger partial charge in [-0.3, -0.25) is 4.79 Å². The Morgan fingerprint density at radius 2 is 2.20 bits per heavy atom. The number of carbonyl (C=O) groups is 1. The quantitative estimate of drug-likeness (QED) is 0.906. The molecule has 106 valence electrons. The van der Waals surface area contributed by atoms with Gasteiger partial charge in [-0.1, -0.05) is 19.9 Å². The SMILES string of the molecule is CC(C)(CCC(=O)O)c1ccc2c(c1)ncn2C1CC1. The van der Waals surface area contributed by atoms with Crippen molar-refractivity contribution in [1.82, 2.24) is 9.55 Å². The van der Waals surface area contributed by atoms with Crippen LogP contribution in [0, 0.1) is 0 Å². The van der Waals surface area contributed by atoms with Crippen molar-refractivity contribution in [3.8, 4) is 0 Å². The predicted molar refractivity (Wildman–Crippen MR) is 77.9 cm³/mol. The molecule has 0 spiro atoms. The molecule has 4 nitrogen and oxygen atoms in total. The van der Waals surface area contributed by atoms with Crippen molar-refractivity contribution in [2.75, 3.05) is 0 Å². The van der Waals surface area contributed by atoms with Crippen molar-refractivity contribution in [3.63, 3.8) is 0 Å². The lowest BCUT2D eigenvalue weighted by Crippen LogP contribution is -2.18. The first kappa shape index (κ1) is 13.2. The monoisotopic (exact) mass is 272 g/mol. The minimum absolute atomic E-state index is 0.143. The second-order valence-corrected chi connectivity index (χ2v) is 6.36. The summed E-state index contributed by atoms with van der Waals surface area (Å²) in [4.78, 5) is 15.3. The van der Waals surface area contributed by atoms with E-state index < -0.39 is 5.97 Å². The summed E-state index contributed by atoms with van der Waals surface area (Å²) in [7, 11) is 0. The summed E-state index contributed by atoms with van der Waals surface area (Å²) >= 11 is 0. The van der Waals surface area contributed by atoms with Gasteiger partial charge in [0.2, 0.25) is 0 Å². The molecule has 0 atom stereocenters. The van der Waals surface area contributed by atoms with Crippen LogP contribution >= 0.6 is 0 Å². The smallest absolute Gasteiger partial charge is 0.303 e. The van der Waals surface area contributed by atoms with Crippen LogP contribution in [0.1, 0.15) is 51.1 Å². The summed E-state index contributed by atoms with van der Waals surface area (Å²) < 4.78 is 2.25. The molecular formula is C16H20N2O2. The molecule has 0 bridgehead atoms. The van der Waals surface area contributed by atoms with Crippen molar-refractivity contribution in [2.24, 2.45) is 0 Å². The highest BCUT2D eigenvalue weighted by molar-refractivity contribution is 5.77. The average molecular weight is 272 g/mol. The van der Waals surface area contributed by atoms with Gasteiger partial charge in [0.1, 0.15) is 0 Å². The molecule has 2 aromatic rings. The van der Waals surface area contributed by atoms with Gasteiger partial charge in [-0.15, -0.1) is 0 Å². The van der Waals surface area contributed by atoms with Crippen LogP contribution in [0.15, 0.2) is 24.5 Å². The molecular weight excluding hydrogens is 252 g/mol. The van der Waals surface area contributed by atoms with Crippen molar-refractivity contribution in [3.05, 3.63) is 30.1 Å². The molecule has 0 amide bonds. The topological polar surface area (TPSA) is 55.1 Å². The summed E-state index contributed by atoms with van der Waals surface area (Å²) in [5.74, 6) is -0.739. The highest BCUT2D eigenvalue weighted by atomic mass is 16.4. The van der Waals surface area contributed by atoms with Crippen LogP contribution in [-0.2, 0) is 10.2 Å². The molecule has 0 unspecified atom stereocenters. The van der Waals surface area contributed by atoms with E-state index >= 15 is 0 Å². The van der Waals surface area contributed by atoms with Gasteiger partial charge in [-0.25, -0.2) is 4.98 Å². The third-order valence-electron chi connectivity index (χ3n) is 4.26. The second kappa shape index (κ2) is 4.62. The lowest BCUT2D eigenvalue weighted by molar-refractivity contribution is -0.137. The molecule has 1 heterocycles. The fourth-order valence-corrected chi connectivity index (χ4v) is 2.66. The van der Waals surface area contributed by atoms with Crippen LogP contribution < -0.4 is 0 Å². The van der Waals surface area contributed by atoms with Crippen molar-refractivity contribution < 1.29 is 9.90 Å². The first-order chi connectivity index (χ1) is 9.47. The van der Waals surface area contributed by atoms with E-state index in [-0.39, 0.29) is 11.8 Å². The van der Waals surface area contributed by atoms with Gasteiger partial charge >= 0.3 is 5.97 Å². The van der Waals surface area contributed by atoms with Gasteiger partial charge in [-0.05, 0) is 42.4 Å². The van der Waals surface area contributed by atoms with Crippen LogP contribution in [0.3, 0.4) is 0 Å². The Hall–Kier alpha value is -1.84. The number of carboxylic acid groups (broad SMARTS) is 1. The zero-order chi connectivity index (χ0) is 14.3. The van der Waals surface area contributed by atoms with Gasteiger partial charge in [0, 0.05) is 12.5 Å². The normalized spacial score (nSPS) is 15.7. The lowest BCUT2D eigenvalue weighted by Gasteiger charge is -2.24. The Morgan fingerprint density at radius 1 is 1.45 bits per heavy atom. The number of nitrogens with zero attached hydrogens (tertiary/aromatic N) is 2. The minimum Gasteiger partial charge on any atom is -0.481 e. The Morgan fingerprint density at radius 3 is 2.85 bits per heavy atom. The largest absolute Gasteiger partial charge is 0.481 e. The third-order valence-corrected chi connectivity index (χ3v) is 4.26. The minimum atomic E-state index is -0.739. The molecule has 0 radical (unpaired) electrons. The maximum absolute atomic E-state index is 10.8. The number of carboxylic acids is 1. The number of aromatic nitrogens is 2. The molecule has 1 saturated carbocycles. The Labute approximate surface area is 118 Å². The molecule has 1 fully saturated rings. The molecule has 0 aliphatic heterocycles. The lowest BCUT2D eigenvalue weighted by atomic mass is 9.80. The number of hydrogen-bond acceptors (Lipinski definition) is 2. The molecule has 3 rings (SSSR count). The highest BCUT2D eigenvalue weighted by Crippen LogP contribution is 2.38. The molecule has 1 aromatic heterocycles. The fraction of sp³-hybridized carbons (Fsp3) is 0.500. The molecule has 20 heavy (non-hydrogen) atoms. The summed E-state index contributed by atoms with van der Waals surface area (Å²) in [6.45, 7) is 4.18. The van der Waals surface area contributed by atoms with Crippen molar-refractivity contribution >= 4 is 17.0 Å². The Kier molecular flexibility index (Phi) is 3.04. The summed E-state index contributed by atoms with van der Waals surface area (Å²) in [6, 6.07) is 6.98. The van der Waals surface area contributed by atoms with E-state index in [0.717, 1.165) is 11.1 Å². The van der Waals surface area contributed by atoms with Crippen LogP contribution in [0.2, 0.25) is 0 Å². The van der Waals surface area contributed by atoms with Gasteiger partial charge in [-0.2, -0.15) is 0 Å². The van der Waals surface area contributed by atoms with Crippen LogP contribution in [0.4, 0.5) is 0 Å². The number of aliphatic carboxylic acids is 1. The van der Waals surface area contributed by atoms with E-state index in [1.807, 2.05) is 6.33 Å². The first-order valence-corrected chi connectivity index (χ1v) is 7.16. The molecule has 1 N–H and O–H groups in total. The fourth-order valence-electron chi connectivity index (χ4n) is 2.66. The van der Waals surface area contributed by atoms with E-state index in [4.69, 9.17) is 5.11 Å². The van der Waals surface area contributed by atoms with Gasteiger partial charge < -0.3 is 9.67 Å². The molecule has 0 saturated heterocycles. The van der Waals surface area contributed by atoms with Crippen molar-refractivity contribution in [2.45, 2.75) is 51.0 Å². The summed E-state index contributed by atoms with van der Waals surface area (Å²) in [5, 5.41) is 8.85. The van der Waals surface area contributed by atoms with Gasteiger partial charge in [0.15, 0.2) is 0 Å². The standard InChI is InChI=1S/C16H20N2O2/c1-16(2,8-7-15(19)20)11-3-6-14-13(9-11)17-10-18(14)12-4-5-12/h3,6,9-10,12H,4-5,7-8H2,1-2H3,(H,19,20). The maximum Gasteiger partial charge on any atom is 0.303 e. The number of fused-ring (bicyclic) bond motifs is 1. The van der Waals surface area contributed by atoms with Gasteiger partial charge in [0.25, 0.3) is 0 Å². The van der Waals surface area contributed by atoms with E-state index in [1.54, 1.807) is 0 Å². The molecule has 4 heteroatoms. The molecule has 1 aliphatic rings. The van der Waals surface area contributed by atoms with E-state index in [9.17, 15) is 4.79 Å². The number of rotatable bonds is 5. The Bertz CT molecular complexity index is 654. The summed E-state index contributed by atoms with van der Waals surface area (Å²) in [6.07, 6.45) is 5.25. The molecule has 1 aliphatic carbocycles. The predicted octanol–water partition coefficient (Wildman–Crippen LogP) is 3.51. The Balaban J connectivity index is 1.90. The maximum atomic E-state index is 10.8.